The first-order valence-corrected chi connectivity index (χ1v) is 7.02. The zero-order valence-electron chi connectivity index (χ0n) is 11.6. The van der Waals surface area contributed by atoms with E-state index in [1.807, 2.05) is 19.2 Å². The lowest BCUT2D eigenvalue weighted by Gasteiger charge is -2.11. The van der Waals surface area contributed by atoms with Gasteiger partial charge in [-0.1, -0.05) is 6.07 Å². The van der Waals surface area contributed by atoms with E-state index in [0.717, 1.165) is 29.9 Å². The highest BCUT2D eigenvalue weighted by atomic mass is 16.3. The van der Waals surface area contributed by atoms with Gasteiger partial charge in [0.25, 0.3) is 0 Å². The third-order valence-corrected chi connectivity index (χ3v) is 3.85. The number of fused-ring (bicyclic) bond motifs is 1. The number of rotatable bonds is 5. The summed E-state index contributed by atoms with van der Waals surface area (Å²) < 4.78 is 2.33. The van der Waals surface area contributed by atoms with E-state index in [9.17, 15) is 5.11 Å². The Balaban J connectivity index is 1.93. The first kappa shape index (κ1) is 12.6. The Hall–Kier alpha value is -1.39. The molecule has 1 aromatic carbocycles. The van der Waals surface area contributed by atoms with Crippen molar-refractivity contribution >= 4 is 11.0 Å². The first-order chi connectivity index (χ1) is 9.20. The van der Waals surface area contributed by atoms with E-state index in [2.05, 4.69) is 27.9 Å². The van der Waals surface area contributed by atoms with Gasteiger partial charge in [0, 0.05) is 6.04 Å². The zero-order chi connectivity index (χ0) is 13.4. The predicted octanol–water partition coefficient (Wildman–Crippen LogP) is 2.32. The summed E-state index contributed by atoms with van der Waals surface area (Å²) in [4.78, 5) is 4.63. The standard InChI is InChI=1S/C15H21N3O/c1-10-17-13-9-11(15(19)7-8-16-2)3-6-14(13)18(10)12-4-5-12/h3,6,9,12,15-16,19H,4-5,7-8H2,1-2H3. The Morgan fingerprint density at radius 1 is 1.47 bits per heavy atom. The molecule has 0 amide bonds. The van der Waals surface area contributed by atoms with Crippen LogP contribution in [-0.2, 0) is 0 Å². The molecule has 1 fully saturated rings. The fraction of sp³-hybridized carbons (Fsp3) is 0.533. The SMILES string of the molecule is CNCCC(O)c1ccc2c(c1)nc(C)n2C1CC1. The third kappa shape index (κ3) is 2.38. The van der Waals surface area contributed by atoms with Crippen molar-refractivity contribution in [3.8, 4) is 0 Å². The number of hydrogen-bond acceptors (Lipinski definition) is 3. The molecule has 1 saturated carbocycles. The Morgan fingerprint density at radius 3 is 2.95 bits per heavy atom. The molecule has 102 valence electrons. The summed E-state index contributed by atoms with van der Waals surface area (Å²) in [7, 11) is 1.90. The van der Waals surface area contributed by atoms with Crippen LogP contribution < -0.4 is 5.32 Å². The summed E-state index contributed by atoms with van der Waals surface area (Å²) in [5.41, 5.74) is 3.16. The van der Waals surface area contributed by atoms with E-state index >= 15 is 0 Å². The topological polar surface area (TPSA) is 50.1 Å². The lowest BCUT2D eigenvalue weighted by molar-refractivity contribution is 0.168. The van der Waals surface area contributed by atoms with E-state index in [1.54, 1.807) is 0 Å². The number of hydrogen-bond donors (Lipinski definition) is 2. The van der Waals surface area contributed by atoms with Gasteiger partial charge >= 0.3 is 0 Å². The second kappa shape index (κ2) is 4.94. The van der Waals surface area contributed by atoms with E-state index in [4.69, 9.17) is 0 Å². The Bertz CT molecular complexity index is 586. The van der Waals surface area contributed by atoms with Crippen LogP contribution in [0.1, 0.15) is 42.8 Å². The molecule has 4 nitrogen and oxygen atoms in total. The monoisotopic (exact) mass is 259 g/mol. The van der Waals surface area contributed by atoms with Gasteiger partial charge in [-0.2, -0.15) is 0 Å². The summed E-state index contributed by atoms with van der Waals surface area (Å²) in [6.45, 7) is 2.88. The van der Waals surface area contributed by atoms with Gasteiger partial charge in [-0.3, -0.25) is 0 Å². The van der Waals surface area contributed by atoms with Crippen molar-refractivity contribution in [3.05, 3.63) is 29.6 Å². The van der Waals surface area contributed by atoms with E-state index in [1.165, 1.54) is 18.4 Å². The molecule has 4 heteroatoms. The molecular formula is C15H21N3O. The van der Waals surface area contributed by atoms with Crippen LogP contribution in [0.3, 0.4) is 0 Å². The highest BCUT2D eigenvalue weighted by Crippen LogP contribution is 2.38. The minimum absolute atomic E-state index is 0.414. The molecule has 0 saturated heterocycles. The minimum atomic E-state index is -0.414. The largest absolute Gasteiger partial charge is 0.388 e. The highest BCUT2D eigenvalue weighted by molar-refractivity contribution is 5.77. The van der Waals surface area contributed by atoms with Crippen LogP contribution in [-0.4, -0.2) is 28.3 Å². The molecule has 2 N–H and O–H groups in total. The van der Waals surface area contributed by atoms with Crippen molar-refractivity contribution in [3.63, 3.8) is 0 Å². The van der Waals surface area contributed by atoms with Crippen LogP contribution in [0, 0.1) is 6.92 Å². The molecule has 0 spiro atoms. The normalized spacial score (nSPS) is 17.0. The lowest BCUT2D eigenvalue weighted by atomic mass is 10.1. The molecule has 3 rings (SSSR count). The van der Waals surface area contributed by atoms with Gasteiger partial charge in [-0.15, -0.1) is 0 Å². The molecule has 1 heterocycles. The van der Waals surface area contributed by atoms with Gasteiger partial charge in [0.05, 0.1) is 17.1 Å². The summed E-state index contributed by atoms with van der Waals surface area (Å²) >= 11 is 0. The second-order valence-corrected chi connectivity index (χ2v) is 5.42. The average molecular weight is 259 g/mol. The van der Waals surface area contributed by atoms with Gasteiger partial charge in [-0.25, -0.2) is 4.98 Å². The molecule has 1 unspecified atom stereocenters. The van der Waals surface area contributed by atoms with Crippen molar-refractivity contribution in [2.24, 2.45) is 0 Å². The van der Waals surface area contributed by atoms with Crippen molar-refractivity contribution < 1.29 is 5.11 Å². The number of nitrogens with one attached hydrogen (secondary N) is 1. The Kier molecular flexibility index (Phi) is 3.29. The maximum absolute atomic E-state index is 10.1. The Morgan fingerprint density at radius 2 is 2.26 bits per heavy atom. The molecule has 0 bridgehead atoms. The number of imidazole rings is 1. The molecule has 1 atom stereocenters. The fourth-order valence-electron chi connectivity index (χ4n) is 2.68. The van der Waals surface area contributed by atoms with Crippen LogP contribution >= 0.6 is 0 Å². The first-order valence-electron chi connectivity index (χ1n) is 7.02. The molecule has 1 aromatic heterocycles. The van der Waals surface area contributed by atoms with Crippen LogP contribution in [0.2, 0.25) is 0 Å². The molecule has 19 heavy (non-hydrogen) atoms. The van der Waals surface area contributed by atoms with Crippen LogP contribution in [0.25, 0.3) is 11.0 Å². The summed E-state index contributed by atoms with van der Waals surface area (Å²) in [5, 5.41) is 13.2. The number of aromatic nitrogens is 2. The number of aryl methyl sites for hydroxylation is 1. The van der Waals surface area contributed by atoms with Gasteiger partial charge in [0.1, 0.15) is 5.82 Å². The minimum Gasteiger partial charge on any atom is -0.388 e. The van der Waals surface area contributed by atoms with E-state index < -0.39 is 6.10 Å². The van der Waals surface area contributed by atoms with Crippen LogP contribution in [0.5, 0.6) is 0 Å². The number of aliphatic hydroxyl groups is 1. The second-order valence-electron chi connectivity index (χ2n) is 5.42. The van der Waals surface area contributed by atoms with E-state index in [0.29, 0.717) is 6.04 Å². The zero-order valence-corrected chi connectivity index (χ0v) is 11.6. The molecule has 2 aromatic rings. The Labute approximate surface area is 113 Å². The summed E-state index contributed by atoms with van der Waals surface area (Å²) in [5.74, 6) is 1.08. The molecule has 0 radical (unpaired) electrons. The van der Waals surface area contributed by atoms with Gasteiger partial charge in [0.15, 0.2) is 0 Å². The van der Waals surface area contributed by atoms with E-state index in [-0.39, 0.29) is 0 Å². The molecule has 1 aliphatic carbocycles. The fourth-order valence-corrected chi connectivity index (χ4v) is 2.68. The smallest absolute Gasteiger partial charge is 0.106 e. The highest BCUT2D eigenvalue weighted by Gasteiger charge is 2.27. The van der Waals surface area contributed by atoms with Crippen molar-refractivity contribution in [2.45, 2.75) is 38.3 Å². The number of benzene rings is 1. The molecule has 1 aliphatic rings. The predicted molar refractivity (Wildman–Crippen MR) is 76.2 cm³/mol. The lowest BCUT2D eigenvalue weighted by Crippen LogP contribution is -2.11. The summed E-state index contributed by atoms with van der Waals surface area (Å²) in [6.07, 6.45) is 2.84. The summed E-state index contributed by atoms with van der Waals surface area (Å²) in [6, 6.07) is 6.81. The van der Waals surface area contributed by atoms with Gasteiger partial charge < -0.3 is 15.0 Å². The van der Waals surface area contributed by atoms with Crippen molar-refractivity contribution in [1.29, 1.82) is 0 Å². The van der Waals surface area contributed by atoms with Crippen molar-refractivity contribution in [2.75, 3.05) is 13.6 Å². The molecule has 0 aliphatic heterocycles. The van der Waals surface area contributed by atoms with Crippen molar-refractivity contribution in [1.82, 2.24) is 14.9 Å². The van der Waals surface area contributed by atoms with Crippen LogP contribution in [0.4, 0.5) is 0 Å². The quantitative estimate of drug-likeness (QED) is 0.866. The van der Waals surface area contributed by atoms with Gasteiger partial charge in [0.2, 0.25) is 0 Å². The van der Waals surface area contributed by atoms with Crippen LogP contribution in [0.15, 0.2) is 18.2 Å². The van der Waals surface area contributed by atoms with Gasteiger partial charge in [-0.05, 0) is 57.5 Å². The maximum Gasteiger partial charge on any atom is 0.106 e. The number of nitrogens with zero attached hydrogens (tertiary/aromatic N) is 2. The average Bonchev–Trinajstić information content (AvgIpc) is 3.17. The maximum atomic E-state index is 10.1. The third-order valence-electron chi connectivity index (χ3n) is 3.85. The molecular weight excluding hydrogens is 238 g/mol. The number of aliphatic hydroxyl groups excluding tert-OH is 1.